The largest absolute Gasteiger partial charge is 0.358 e. The van der Waals surface area contributed by atoms with Gasteiger partial charge in [-0.05, 0) is 42.6 Å². The first kappa shape index (κ1) is 21.6. The second-order valence-corrected chi connectivity index (χ2v) is 10.7. The van der Waals surface area contributed by atoms with Gasteiger partial charge in [0.15, 0.2) is 0 Å². The number of amides is 1. The first-order chi connectivity index (χ1) is 16.9. The molecule has 176 valence electrons. The van der Waals surface area contributed by atoms with Crippen molar-refractivity contribution in [1.29, 1.82) is 0 Å². The van der Waals surface area contributed by atoms with E-state index in [4.69, 9.17) is 0 Å². The molecular formula is C27H24N4O3S. The number of fused-ring (bicyclic) bond motifs is 4. The maximum Gasteiger partial charge on any atom is 0.268 e. The molecule has 0 radical (unpaired) electrons. The Morgan fingerprint density at radius 2 is 1.60 bits per heavy atom. The number of hydrogen-bond donors (Lipinski definition) is 4. The van der Waals surface area contributed by atoms with E-state index in [1.807, 2.05) is 61.5 Å². The van der Waals surface area contributed by atoms with Crippen LogP contribution in [0.5, 0.6) is 0 Å². The third-order valence-corrected chi connectivity index (χ3v) is 8.20. The van der Waals surface area contributed by atoms with Gasteiger partial charge < -0.3 is 15.3 Å². The summed E-state index contributed by atoms with van der Waals surface area (Å²) < 4.78 is 29.8. The number of aromatic amines is 2. The molecule has 5 aromatic rings. The highest BCUT2D eigenvalue weighted by atomic mass is 32.2. The maximum atomic E-state index is 13.4. The molecule has 0 unspecified atom stereocenters. The third kappa shape index (κ3) is 3.71. The minimum absolute atomic E-state index is 0.140. The number of carbonyl (C=O) groups excluding carboxylic acids is 1. The van der Waals surface area contributed by atoms with Gasteiger partial charge in [0.25, 0.3) is 5.91 Å². The Balaban J connectivity index is 1.54. The topological polar surface area (TPSA) is 107 Å². The number of nitrogens with one attached hydrogen (secondary N) is 4. The Hall–Kier alpha value is -3.88. The van der Waals surface area contributed by atoms with Crippen molar-refractivity contribution in [3.63, 3.8) is 0 Å². The molecule has 0 aliphatic carbocycles. The van der Waals surface area contributed by atoms with Gasteiger partial charge in [0, 0.05) is 40.1 Å². The lowest BCUT2D eigenvalue weighted by Gasteiger charge is -2.26. The molecule has 8 heteroatoms. The smallest absolute Gasteiger partial charge is 0.268 e. The predicted molar refractivity (Wildman–Crippen MR) is 136 cm³/mol. The van der Waals surface area contributed by atoms with Crippen LogP contribution in [-0.4, -0.2) is 36.9 Å². The predicted octanol–water partition coefficient (Wildman–Crippen LogP) is 4.18. The highest BCUT2D eigenvalue weighted by molar-refractivity contribution is 7.89. The molecule has 7 nitrogen and oxygen atoms in total. The number of aryl methyl sites for hydroxylation is 1. The lowest BCUT2D eigenvalue weighted by molar-refractivity contribution is 0.0950. The second kappa shape index (κ2) is 8.11. The average Bonchev–Trinajstić information content (AvgIpc) is 3.41. The zero-order valence-corrected chi connectivity index (χ0v) is 19.8. The highest BCUT2D eigenvalue weighted by Crippen LogP contribution is 2.38. The Labute approximate surface area is 202 Å². The normalized spacial score (nSPS) is 18.4. The average molecular weight is 485 g/mol. The third-order valence-electron chi connectivity index (χ3n) is 6.69. The molecule has 0 fully saturated rings. The summed E-state index contributed by atoms with van der Waals surface area (Å²) in [6.45, 7) is 2.05. The molecule has 0 spiro atoms. The number of aromatic nitrogens is 2. The van der Waals surface area contributed by atoms with Crippen LogP contribution in [0, 0.1) is 6.92 Å². The van der Waals surface area contributed by atoms with Gasteiger partial charge in [-0.1, -0.05) is 54.1 Å². The lowest BCUT2D eigenvalue weighted by atomic mass is 9.87. The highest BCUT2D eigenvalue weighted by Gasteiger charge is 2.38. The second-order valence-electron chi connectivity index (χ2n) is 9.00. The molecule has 0 saturated carbocycles. The SMILES string of the molecule is Cc1ccc(S(=O)(=O)N[C@@H]2CNC(=O)c3[nH]c4ccccc4c3[C@H]2c2cc3ccccc3[nH]2)cc1. The number of sulfonamides is 1. The number of hydrogen-bond acceptors (Lipinski definition) is 3. The summed E-state index contributed by atoms with van der Waals surface area (Å²) in [6.07, 6.45) is 0. The van der Waals surface area contributed by atoms with Gasteiger partial charge in [0.1, 0.15) is 5.69 Å². The number of benzene rings is 3. The Kier molecular flexibility index (Phi) is 5.01. The van der Waals surface area contributed by atoms with Gasteiger partial charge in [0.05, 0.1) is 10.9 Å². The maximum absolute atomic E-state index is 13.4. The van der Waals surface area contributed by atoms with E-state index in [0.717, 1.165) is 38.6 Å². The van der Waals surface area contributed by atoms with Crippen molar-refractivity contribution in [2.24, 2.45) is 0 Å². The summed E-state index contributed by atoms with van der Waals surface area (Å²) >= 11 is 0. The molecule has 1 aliphatic rings. The van der Waals surface area contributed by atoms with Crippen molar-refractivity contribution in [1.82, 2.24) is 20.0 Å². The van der Waals surface area contributed by atoms with Crippen molar-refractivity contribution in [3.8, 4) is 0 Å². The van der Waals surface area contributed by atoms with Crippen LogP contribution >= 0.6 is 0 Å². The summed E-state index contributed by atoms with van der Waals surface area (Å²) in [5, 5.41) is 4.83. The van der Waals surface area contributed by atoms with Gasteiger partial charge >= 0.3 is 0 Å². The Morgan fingerprint density at radius 3 is 2.37 bits per heavy atom. The molecule has 4 N–H and O–H groups in total. The fourth-order valence-electron chi connectivity index (χ4n) is 5.01. The molecule has 0 saturated heterocycles. The van der Waals surface area contributed by atoms with Crippen LogP contribution in [0.15, 0.2) is 83.8 Å². The van der Waals surface area contributed by atoms with Crippen LogP contribution in [0.25, 0.3) is 21.8 Å². The Morgan fingerprint density at radius 1 is 0.886 bits per heavy atom. The molecule has 1 aliphatic heterocycles. The van der Waals surface area contributed by atoms with Crippen LogP contribution in [-0.2, 0) is 10.0 Å². The molecule has 3 aromatic carbocycles. The van der Waals surface area contributed by atoms with Crippen LogP contribution in [0.4, 0.5) is 0 Å². The van der Waals surface area contributed by atoms with E-state index < -0.39 is 22.0 Å². The van der Waals surface area contributed by atoms with Crippen molar-refractivity contribution >= 4 is 37.7 Å². The van der Waals surface area contributed by atoms with Crippen LogP contribution in [0.3, 0.4) is 0 Å². The van der Waals surface area contributed by atoms with E-state index in [0.29, 0.717) is 5.69 Å². The van der Waals surface area contributed by atoms with E-state index in [2.05, 4.69) is 20.0 Å². The van der Waals surface area contributed by atoms with E-state index in [1.54, 1.807) is 24.3 Å². The standard InChI is InChI=1S/C27H24N4O3S/c1-16-10-12-18(13-11-16)35(33,34)31-23-15-28-27(32)26-24(19-7-3-5-9-21(19)30-26)25(23)22-14-17-6-2-4-8-20(17)29-22/h2-14,23,25,29-31H,15H2,1H3,(H,28,32)/t23-,25+/m1/s1. The van der Waals surface area contributed by atoms with Crippen molar-refractivity contribution in [2.75, 3.05) is 6.54 Å². The van der Waals surface area contributed by atoms with Crippen LogP contribution < -0.4 is 10.0 Å². The molecule has 2 atom stereocenters. The summed E-state index contributed by atoms with van der Waals surface area (Å²) in [5.74, 6) is -0.693. The van der Waals surface area contributed by atoms with E-state index in [1.165, 1.54) is 0 Å². The molecule has 0 bridgehead atoms. The fraction of sp³-hybridized carbons (Fsp3) is 0.148. The monoisotopic (exact) mass is 484 g/mol. The van der Waals surface area contributed by atoms with Gasteiger partial charge in [-0.3, -0.25) is 4.79 Å². The van der Waals surface area contributed by atoms with E-state index in [9.17, 15) is 13.2 Å². The number of rotatable bonds is 4. The van der Waals surface area contributed by atoms with Crippen LogP contribution in [0.1, 0.15) is 33.2 Å². The van der Waals surface area contributed by atoms with E-state index in [-0.39, 0.29) is 17.3 Å². The van der Waals surface area contributed by atoms with Crippen molar-refractivity contribution in [2.45, 2.75) is 23.8 Å². The Bertz CT molecular complexity index is 1650. The quantitative estimate of drug-likeness (QED) is 0.307. The first-order valence-corrected chi connectivity index (χ1v) is 12.9. The molecule has 3 heterocycles. The van der Waals surface area contributed by atoms with Gasteiger partial charge in [-0.15, -0.1) is 0 Å². The minimum Gasteiger partial charge on any atom is -0.358 e. The summed E-state index contributed by atoms with van der Waals surface area (Å²) in [5.41, 5.74) is 4.82. The number of para-hydroxylation sites is 2. The van der Waals surface area contributed by atoms with Crippen LogP contribution in [0.2, 0.25) is 0 Å². The zero-order valence-electron chi connectivity index (χ0n) is 19.0. The summed E-state index contributed by atoms with van der Waals surface area (Å²) in [6, 6.07) is 23.8. The minimum atomic E-state index is -3.85. The zero-order chi connectivity index (χ0) is 24.2. The van der Waals surface area contributed by atoms with Gasteiger partial charge in [-0.2, -0.15) is 0 Å². The number of carbonyl (C=O) groups is 1. The van der Waals surface area contributed by atoms with Gasteiger partial charge in [-0.25, -0.2) is 13.1 Å². The summed E-state index contributed by atoms with van der Waals surface area (Å²) in [7, 11) is -3.85. The molecule has 2 aromatic heterocycles. The van der Waals surface area contributed by atoms with E-state index >= 15 is 0 Å². The summed E-state index contributed by atoms with van der Waals surface area (Å²) in [4.78, 5) is 20.0. The van der Waals surface area contributed by atoms with Crippen molar-refractivity contribution < 1.29 is 13.2 Å². The van der Waals surface area contributed by atoms with Gasteiger partial charge in [0.2, 0.25) is 10.0 Å². The lowest BCUT2D eigenvalue weighted by Crippen LogP contribution is -2.45. The molecule has 1 amide bonds. The molecule has 35 heavy (non-hydrogen) atoms. The molecular weight excluding hydrogens is 460 g/mol. The first-order valence-electron chi connectivity index (χ1n) is 11.5. The molecule has 6 rings (SSSR count). The fourth-order valence-corrected chi connectivity index (χ4v) is 6.25. The number of H-pyrrole nitrogens is 2. The van der Waals surface area contributed by atoms with Crippen molar-refractivity contribution in [3.05, 3.63) is 101 Å².